The van der Waals surface area contributed by atoms with Crippen LogP contribution in [-0.4, -0.2) is 40.8 Å². The van der Waals surface area contributed by atoms with Gasteiger partial charge in [-0.05, 0) is 41.9 Å². The third-order valence-electron chi connectivity index (χ3n) is 6.67. The molecule has 0 aromatic heterocycles. The lowest BCUT2D eigenvalue weighted by molar-refractivity contribution is 0.294. The Balaban J connectivity index is 1.98. The van der Waals surface area contributed by atoms with Crippen molar-refractivity contribution in [2.75, 3.05) is 10.8 Å². The summed E-state index contributed by atoms with van der Waals surface area (Å²) in [6.07, 6.45) is 1.25. The van der Waals surface area contributed by atoms with Crippen molar-refractivity contribution < 1.29 is 22.7 Å². The number of aliphatic hydroxyl groups is 1. The van der Waals surface area contributed by atoms with E-state index in [2.05, 4.69) is 53.5 Å². The molecule has 0 bridgehead atoms. The number of nitrogens with zero attached hydrogens (tertiary/aromatic N) is 2. The van der Waals surface area contributed by atoms with Crippen LogP contribution in [0.1, 0.15) is 26.3 Å². The highest BCUT2D eigenvalue weighted by atomic mass is 32.2. The smallest absolute Gasteiger partial charge is 0.332 e. The van der Waals surface area contributed by atoms with Crippen molar-refractivity contribution in [1.29, 1.82) is 0 Å². The Bertz CT molecular complexity index is 1200. The first-order chi connectivity index (χ1) is 16.5. The molecule has 0 fully saturated rings. The highest BCUT2D eigenvalue weighted by Crippen LogP contribution is 2.42. The van der Waals surface area contributed by atoms with Crippen LogP contribution >= 0.6 is 0 Å². The Morgan fingerprint density at radius 3 is 2.19 bits per heavy atom. The highest BCUT2D eigenvalue weighted by Gasteiger charge is 2.41. The van der Waals surface area contributed by atoms with E-state index in [0.29, 0.717) is 17.2 Å². The fraction of sp³-hybridized carbons (Fsp3) is 0.462. The standard InChI is InChI=1S/C26H40N2O5SSi2/c1-26(2,3)36(7,8)33-22-14-15-23(24(18-22)32-20-21-12-10-9-11-13-21)28-19-25(29)27(34(28,30)31)16-17-35(4,5)6/h9-15,18-19,29H,16-17,20H2,1-8H3. The molecule has 7 nitrogen and oxygen atoms in total. The molecule has 10 heteroatoms. The Hall–Kier alpha value is -2.44. The Labute approximate surface area is 218 Å². The normalized spacial score (nSPS) is 16.2. The van der Waals surface area contributed by atoms with Gasteiger partial charge in [-0.1, -0.05) is 70.7 Å². The van der Waals surface area contributed by atoms with Gasteiger partial charge in [-0.2, -0.15) is 8.42 Å². The first-order valence-corrected chi connectivity index (χ1v) is 20.3. The van der Waals surface area contributed by atoms with E-state index in [1.165, 1.54) is 6.20 Å². The van der Waals surface area contributed by atoms with Gasteiger partial charge in [0.1, 0.15) is 23.8 Å². The minimum atomic E-state index is -4.00. The first-order valence-electron chi connectivity index (χ1n) is 12.2. The topological polar surface area (TPSA) is 79.3 Å². The molecule has 0 spiro atoms. The molecule has 1 N–H and O–H groups in total. The zero-order chi connectivity index (χ0) is 26.9. The quantitative estimate of drug-likeness (QED) is 0.352. The van der Waals surface area contributed by atoms with Crippen LogP contribution in [0.25, 0.3) is 0 Å². The largest absolute Gasteiger partial charge is 0.543 e. The van der Waals surface area contributed by atoms with Crippen molar-refractivity contribution in [2.24, 2.45) is 0 Å². The zero-order valence-corrected chi connectivity index (χ0v) is 25.5. The van der Waals surface area contributed by atoms with E-state index in [0.717, 1.165) is 20.2 Å². The molecule has 2 aromatic carbocycles. The third-order valence-corrected chi connectivity index (χ3v) is 14.5. The predicted molar refractivity (Wildman–Crippen MR) is 152 cm³/mol. The SMILES string of the molecule is CC(C)(C)[Si](C)(C)Oc1ccc(N2C=C(O)N(CC[Si](C)(C)C)S2(=O)=O)c(OCc2ccccc2)c1. The van der Waals surface area contributed by atoms with Crippen LogP contribution in [0, 0.1) is 0 Å². The van der Waals surface area contributed by atoms with Crippen molar-refractivity contribution >= 4 is 32.3 Å². The number of rotatable bonds is 9. The zero-order valence-electron chi connectivity index (χ0n) is 22.7. The molecule has 0 atom stereocenters. The maximum absolute atomic E-state index is 13.5. The van der Waals surface area contributed by atoms with E-state index in [1.54, 1.807) is 18.2 Å². The molecule has 1 heterocycles. The second kappa shape index (κ2) is 10.1. The summed E-state index contributed by atoms with van der Waals surface area (Å²) < 4.78 is 41.7. The monoisotopic (exact) mass is 548 g/mol. The molecule has 0 saturated heterocycles. The summed E-state index contributed by atoms with van der Waals surface area (Å²) in [4.78, 5) is 0. The summed E-state index contributed by atoms with van der Waals surface area (Å²) in [5.74, 6) is 0.715. The van der Waals surface area contributed by atoms with Crippen LogP contribution < -0.4 is 13.5 Å². The molecule has 1 aliphatic rings. The molecule has 198 valence electrons. The second-order valence-corrected chi connectivity index (χ2v) is 24.0. The fourth-order valence-electron chi connectivity index (χ4n) is 3.36. The Morgan fingerprint density at radius 2 is 1.61 bits per heavy atom. The van der Waals surface area contributed by atoms with Gasteiger partial charge in [0.25, 0.3) is 0 Å². The summed E-state index contributed by atoms with van der Waals surface area (Å²) in [6, 6.07) is 15.6. The van der Waals surface area contributed by atoms with Gasteiger partial charge in [-0.3, -0.25) is 0 Å². The molecule has 1 aliphatic heterocycles. The van der Waals surface area contributed by atoms with Crippen molar-refractivity contribution in [3.05, 3.63) is 66.2 Å². The Morgan fingerprint density at radius 1 is 0.972 bits per heavy atom. The van der Waals surface area contributed by atoms with Crippen LogP contribution in [0.15, 0.2) is 60.6 Å². The van der Waals surface area contributed by atoms with Crippen molar-refractivity contribution in [3.8, 4) is 11.5 Å². The molecular weight excluding hydrogens is 509 g/mol. The molecule has 0 unspecified atom stereocenters. The van der Waals surface area contributed by atoms with Crippen LogP contribution in [0.3, 0.4) is 0 Å². The van der Waals surface area contributed by atoms with Gasteiger partial charge in [-0.15, -0.1) is 0 Å². The number of anilines is 1. The second-order valence-electron chi connectivity index (χ2n) is 11.9. The van der Waals surface area contributed by atoms with Gasteiger partial charge in [-0.25, -0.2) is 8.61 Å². The van der Waals surface area contributed by atoms with Crippen molar-refractivity contribution in [2.45, 2.75) is 71.2 Å². The number of ether oxygens (including phenoxy) is 1. The van der Waals surface area contributed by atoms with Gasteiger partial charge in [0, 0.05) is 20.7 Å². The average Bonchev–Trinajstić information content (AvgIpc) is 2.98. The van der Waals surface area contributed by atoms with Gasteiger partial charge in [0.2, 0.25) is 14.2 Å². The Kier molecular flexibility index (Phi) is 7.93. The molecule has 0 aliphatic carbocycles. The summed E-state index contributed by atoms with van der Waals surface area (Å²) in [5.41, 5.74) is 1.29. The number of benzene rings is 2. The molecule has 0 saturated carbocycles. The number of hydrogen-bond donors (Lipinski definition) is 1. The maximum atomic E-state index is 13.5. The van der Waals surface area contributed by atoms with Crippen LogP contribution in [0.2, 0.25) is 43.8 Å². The van der Waals surface area contributed by atoms with E-state index >= 15 is 0 Å². The van der Waals surface area contributed by atoms with E-state index in [4.69, 9.17) is 9.16 Å². The van der Waals surface area contributed by atoms with Gasteiger partial charge in [0.15, 0.2) is 0 Å². The summed E-state index contributed by atoms with van der Waals surface area (Å²) in [6.45, 7) is 17.8. The maximum Gasteiger partial charge on any atom is 0.332 e. The minimum Gasteiger partial charge on any atom is -0.543 e. The van der Waals surface area contributed by atoms with E-state index in [1.807, 2.05) is 30.3 Å². The van der Waals surface area contributed by atoms with E-state index in [-0.39, 0.29) is 24.1 Å². The fourth-order valence-corrected chi connectivity index (χ4v) is 6.88. The summed E-state index contributed by atoms with van der Waals surface area (Å²) >= 11 is 0. The van der Waals surface area contributed by atoms with Crippen molar-refractivity contribution in [1.82, 2.24) is 4.31 Å². The van der Waals surface area contributed by atoms with E-state index < -0.39 is 26.6 Å². The molecule has 36 heavy (non-hydrogen) atoms. The lowest BCUT2D eigenvalue weighted by Gasteiger charge is -2.36. The lowest BCUT2D eigenvalue weighted by Crippen LogP contribution is -2.43. The minimum absolute atomic E-state index is 0.000416. The van der Waals surface area contributed by atoms with E-state index in [9.17, 15) is 13.5 Å². The summed E-state index contributed by atoms with van der Waals surface area (Å²) in [5, 5.41) is 10.6. The highest BCUT2D eigenvalue weighted by molar-refractivity contribution is 7.91. The third kappa shape index (κ3) is 6.46. The summed E-state index contributed by atoms with van der Waals surface area (Å²) in [7, 11) is -7.65. The number of aliphatic hydroxyl groups excluding tert-OH is 1. The van der Waals surface area contributed by atoms with Crippen LogP contribution in [0.4, 0.5) is 5.69 Å². The molecule has 0 radical (unpaired) electrons. The average molecular weight is 549 g/mol. The first kappa shape index (κ1) is 28.1. The van der Waals surface area contributed by atoms with Crippen LogP contribution in [0.5, 0.6) is 11.5 Å². The lowest BCUT2D eigenvalue weighted by atomic mass is 10.2. The van der Waals surface area contributed by atoms with Crippen molar-refractivity contribution in [3.63, 3.8) is 0 Å². The molecule has 0 amide bonds. The molecule has 2 aromatic rings. The van der Waals surface area contributed by atoms with Gasteiger partial charge in [0.05, 0.1) is 6.20 Å². The van der Waals surface area contributed by atoms with Crippen LogP contribution in [-0.2, 0) is 16.8 Å². The predicted octanol–water partition coefficient (Wildman–Crippen LogP) is 6.71. The number of hydrogen-bond acceptors (Lipinski definition) is 5. The van der Waals surface area contributed by atoms with Gasteiger partial charge < -0.3 is 14.3 Å². The molecule has 3 rings (SSSR count). The molecular formula is C26H40N2O5SSi2. The van der Waals surface area contributed by atoms with Gasteiger partial charge >= 0.3 is 10.2 Å².